The van der Waals surface area contributed by atoms with Crippen LogP contribution in [0.25, 0.3) is 0 Å². The van der Waals surface area contributed by atoms with E-state index in [0.717, 1.165) is 26.1 Å². The van der Waals surface area contributed by atoms with Crippen LogP contribution in [0, 0.1) is 0 Å². The molecule has 1 spiro atoms. The summed E-state index contributed by atoms with van der Waals surface area (Å²) in [6.07, 6.45) is 7.22. The van der Waals surface area contributed by atoms with Gasteiger partial charge in [0.2, 0.25) is 0 Å². The quantitative estimate of drug-likeness (QED) is 0.534. The smallest absolute Gasteiger partial charge is 0.168 e. The van der Waals surface area contributed by atoms with Crippen LogP contribution >= 0.6 is 0 Å². The third-order valence-corrected chi connectivity index (χ3v) is 2.63. The fourth-order valence-corrected chi connectivity index (χ4v) is 1.99. The second-order valence-electron chi connectivity index (χ2n) is 3.52. The van der Waals surface area contributed by atoms with Crippen LogP contribution in [0.3, 0.4) is 0 Å². The van der Waals surface area contributed by atoms with Gasteiger partial charge in [-0.3, -0.25) is 0 Å². The van der Waals surface area contributed by atoms with E-state index in [1.807, 2.05) is 0 Å². The Hall–Kier alpha value is -0.0800. The van der Waals surface area contributed by atoms with Gasteiger partial charge in [0.1, 0.15) is 0 Å². The fourth-order valence-electron chi connectivity index (χ4n) is 1.99. The Kier molecular flexibility index (Phi) is 2.14. The van der Waals surface area contributed by atoms with Crippen LogP contribution < -0.4 is 0 Å². The normalized spacial score (nSPS) is 39.3. The Morgan fingerprint density at radius 2 is 1.45 bits per heavy atom. The van der Waals surface area contributed by atoms with E-state index in [-0.39, 0.29) is 5.79 Å². The highest BCUT2D eigenvalue weighted by Gasteiger charge is 2.36. The highest BCUT2D eigenvalue weighted by Crippen LogP contribution is 2.34. The first-order valence-corrected chi connectivity index (χ1v) is 4.69. The lowest BCUT2D eigenvalue weighted by Crippen LogP contribution is -2.30. The van der Waals surface area contributed by atoms with Crippen LogP contribution in [-0.2, 0) is 9.47 Å². The van der Waals surface area contributed by atoms with E-state index in [2.05, 4.69) is 0 Å². The summed E-state index contributed by atoms with van der Waals surface area (Å²) in [5.74, 6) is -0.142. The van der Waals surface area contributed by atoms with Gasteiger partial charge in [-0.1, -0.05) is 6.42 Å². The lowest BCUT2D eigenvalue weighted by molar-refractivity contribution is -0.208. The molecule has 2 fully saturated rings. The SMILES string of the molecule is C1CCO[C@]2(CC1)CCCO2. The van der Waals surface area contributed by atoms with Crippen molar-refractivity contribution in [2.75, 3.05) is 13.2 Å². The molecule has 2 aliphatic heterocycles. The molecule has 0 radical (unpaired) electrons. The van der Waals surface area contributed by atoms with E-state index in [1.54, 1.807) is 0 Å². The van der Waals surface area contributed by atoms with Crippen molar-refractivity contribution in [3.63, 3.8) is 0 Å². The number of rotatable bonds is 0. The summed E-state index contributed by atoms with van der Waals surface area (Å²) < 4.78 is 11.4. The van der Waals surface area contributed by atoms with Crippen LogP contribution in [0.1, 0.15) is 38.5 Å². The highest BCUT2D eigenvalue weighted by atomic mass is 16.7. The molecule has 0 aromatic carbocycles. The Labute approximate surface area is 67.9 Å². The molecule has 0 saturated carbocycles. The van der Waals surface area contributed by atoms with Gasteiger partial charge in [0, 0.05) is 12.8 Å². The minimum atomic E-state index is -0.142. The molecule has 0 aromatic heterocycles. The zero-order valence-corrected chi connectivity index (χ0v) is 6.97. The molecule has 0 N–H and O–H groups in total. The zero-order chi connectivity index (χ0) is 7.57. The third-order valence-electron chi connectivity index (χ3n) is 2.63. The van der Waals surface area contributed by atoms with Crippen molar-refractivity contribution in [3.05, 3.63) is 0 Å². The van der Waals surface area contributed by atoms with Crippen LogP contribution in [0.15, 0.2) is 0 Å². The van der Waals surface area contributed by atoms with Crippen molar-refractivity contribution < 1.29 is 9.47 Å². The third kappa shape index (κ3) is 1.57. The molecule has 2 saturated heterocycles. The van der Waals surface area contributed by atoms with Crippen LogP contribution in [-0.4, -0.2) is 19.0 Å². The molecule has 64 valence electrons. The summed E-state index contributed by atoms with van der Waals surface area (Å²) >= 11 is 0. The van der Waals surface area contributed by atoms with Crippen molar-refractivity contribution in [2.45, 2.75) is 44.3 Å². The number of hydrogen-bond donors (Lipinski definition) is 0. The number of ether oxygens (including phenoxy) is 2. The van der Waals surface area contributed by atoms with Crippen LogP contribution in [0.2, 0.25) is 0 Å². The van der Waals surface area contributed by atoms with Gasteiger partial charge in [-0.15, -0.1) is 0 Å². The summed E-state index contributed by atoms with van der Waals surface area (Å²) in [5.41, 5.74) is 0. The van der Waals surface area contributed by atoms with Crippen molar-refractivity contribution in [1.29, 1.82) is 0 Å². The second-order valence-corrected chi connectivity index (χ2v) is 3.52. The molecule has 11 heavy (non-hydrogen) atoms. The fraction of sp³-hybridized carbons (Fsp3) is 1.00. The molecule has 2 aliphatic rings. The van der Waals surface area contributed by atoms with Gasteiger partial charge < -0.3 is 9.47 Å². The lowest BCUT2D eigenvalue weighted by Gasteiger charge is -2.26. The topological polar surface area (TPSA) is 18.5 Å². The molecular weight excluding hydrogens is 140 g/mol. The first-order valence-electron chi connectivity index (χ1n) is 4.69. The van der Waals surface area contributed by atoms with Crippen molar-refractivity contribution in [1.82, 2.24) is 0 Å². The standard InChI is InChI=1S/C9H16O2/c1-2-5-9(10-7-3-1)6-4-8-11-9/h1-8H2/t9-/m0/s1. The molecule has 0 aliphatic carbocycles. The van der Waals surface area contributed by atoms with Crippen molar-refractivity contribution >= 4 is 0 Å². The molecule has 2 rings (SSSR count). The van der Waals surface area contributed by atoms with E-state index in [4.69, 9.17) is 9.47 Å². The summed E-state index contributed by atoms with van der Waals surface area (Å²) in [6.45, 7) is 1.81. The van der Waals surface area contributed by atoms with Gasteiger partial charge in [-0.05, 0) is 19.3 Å². The Morgan fingerprint density at radius 3 is 2.27 bits per heavy atom. The molecular formula is C9H16O2. The van der Waals surface area contributed by atoms with E-state index >= 15 is 0 Å². The lowest BCUT2D eigenvalue weighted by atomic mass is 10.1. The maximum Gasteiger partial charge on any atom is 0.168 e. The number of hydrogen-bond acceptors (Lipinski definition) is 2. The van der Waals surface area contributed by atoms with Gasteiger partial charge in [0.15, 0.2) is 5.79 Å². The summed E-state index contributed by atoms with van der Waals surface area (Å²) in [5, 5.41) is 0. The average molecular weight is 156 g/mol. The van der Waals surface area contributed by atoms with Gasteiger partial charge in [-0.25, -0.2) is 0 Å². The monoisotopic (exact) mass is 156 g/mol. The molecule has 2 heterocycles. The maximum atomic E-state index is 5.73. The molecule has 2 heteroatoms. The first kappa shape index (κ1) is 7.56. The Morgan fingerprint density at radius 1 is 0.727 bits per heavy atom. The zero-order valence-electron chi connectivity index (χ0n) is 6.97. The van der Waals surface area contributed by atoms with Crippen molar-refractivity contribution in [3.8, 4) is 0 Å². The Balaban J connectivity index is 1.97. The second kappa shape index (κ2) is 3.11. The predicted molar refractivity (Wildman–Crippen MR) is 42.3 cm³/mol. The predicted octanol–water partition coefficient (Wildman–Crippen LogP) is 2.08. The average Bonchev–Trinajstić information content (AvgIpc) is 2.32. The molecule has 0 bridgehead atoms. The van der Waals surface area contributed by atoms with Crippen LogP contribution in [0.4, 0.5) is 0 Å². The van der Waals surface area contributed by atoms with E-state index in [0.29, 0.717) is 0 Å². The summed E-state index contributed by atoms with van der Waals surface area (Å²) in [7, 11) is 0. The summed E-state index contributed by atoms with van der Waals surface area (Å²) in [4.78, 5) is 0. The van der Waals surface area contributed by atoms with E-state index < -0.39 is 0 Å². The molecule has 0 amide bonds. The molecule has 1 atom stereocenters. The molecule has 0 aromatic rings. The first-order chi connectivity index (χ1) is 5.41. The van der Waals surface area contributed by atoms with Crippen LogP contribution in [0.5, 0.6) is 0 Å². The summed E-state index contributed by atoms with van der Waals surface area (Å²) in [6, 6.07) is 0. The highest BCUT2D eigenvalue weighted by molar-refractivity contribution is 4.77. The van der Waals surface area contributed by atoms with Gasteiger partial charge in [0.25, 0.3) is 0 Å². The van der Waals surface area contributed by atoms with Gasteiger partial charge in [-0.2, -0.15) is 0 Å². The van der Waals surface area contributed by atoms with Gasteiger partial charge >= 0.3 is 0 Å². The molecule has 0 unspecified atom stereocenters. The minimum absolute atomic E-state index is 0.142. The molecule has 2 nitrogen and oxygen atoms in total. The van der Waals surface area contributed by atoms with Gasteiger partial charge in [0.05, 0.1) is 13.2 Å². The van der Waals surface area contributed by atoms with E-state index in [1.165, 1.54) is 25.7 Å². The Bertz CT molecular complexity index is 118. The minimum Gasteiger partial charge on any atom is -0.350 e. The maximum absolute atomic E-state index is 5.73. The van der Waals surface area contributed by atoms with E-state index in [9.17, 15) is 0 Å². The van der Waals surface area contributed by atoms with Crippen molar-refractivity contribution in [2.24, 2.45) is 0 Å². The largest absolute Gasteiger partial charge is 0.350 e.